The molecule has 3 aromatic heterocycles. The number of rotatable bonds is 3. The molecule has 9 heteroatoms. The Balaban J connectivity index is 2.02. The number of carbonyl (C=O) groups excluding carboxylic acids is 1. The van der Waals surface area contributed by atoms with Gasteiger partial charge in [-0.3, -0.25) is 4.79 Å². The number of aryl methyl sites for hydroxylation is 1. The summed E-state index contributed by atoms with van der Waals surface area (Å²) in [6, 6.07) is 8.27. The van der Waals surface area contributed by atoms with Crippen LogP contribution in [0.3, 0.4) is 0 Å². The first-order chi connectivity index (χ1) is 13.0. The van der Waals surface area contributed by atoms with Crippen LogP contribution in [0.5, 0.6) is 0 Å². The van der Waals surface area contributed by atoms with Gasteiger partial charge in [0.2, 0.25) is 5.89 Å². The minimum Gasteiger partial charge on any atom is -0.401 e. The molecule has 0 saturated carbocycles. The molecule has 0 atom stereocenters. The molecule has 134 valence electrons. The van der Waals surface area contributed by atoms with Gasteiger partial charge >= 0.3 is 5.63 Å². The van der Waals surface area contributed by atoms with Crippen LogP contribution in [0.15, 0.2) is 50.3 Å². The number of halogens is 2. The number of aldehydes is 1. The monoisotopic (exact) mass is 444 g/mol. The summed E-state index contributed by atoms with van der Waals surface area (Å²) < 4.78 is 7.30. The molecule has 4 rings (SSSR count). The molecule has 0 aliphatic carbocycles. The van der Waals surface area contributed by atoms with Gasteiger partial charge in [0.25, 0.3) is 0 Å². The highest BCUT2D eigenvalue weighted by Crippen LogP contribution is 2.28. The number of pyridine rings is 1. The van der Waals surface area contributed by atoms with Crippen LogP contribution < -0.4 is 5.63 Å². The lowest BCUT2D eigenvalue weighted by molar-refractivity contribution is 0.112. The molecule has 0 aliphatic heterocycles. The fourth-order valence-electron chi connectivity index (χ4n) is 2.75. The van der Waals surface area contributed by atoms with E-state index in [4.69, 9.17) is 16.0 Å². The highest BCUT2D eigenvalue weighted by molar-refractivity contribution is 9.10. The number of nitrogens with zero attached hydrogens (tertiary/aromatic N) is 4. The van der Waals surface area contributed by atoms with Gasteiger partial charge in [0.15, 0.2) is 12.1 Å². The van der Waals surface area contributed by atoms with Gasteiger partial charge in [0.05, 0.1) is 15.9 Å². The molecule has 3 heterocycles. The van der Waals surface area contributed by atoms with Crippen LogP contribution in [-0.4, -0.2) is 26.0 Å². The summed E-state index contributed by atoms with van der Waals surface area (Å²) in [5, 5.41) is 4.90. The number of hydrogen-bond acceptors (Lipinski definition) is 6. The van der Waals surface area contributed by atoms with E-state index in [1.807, 2.05) is 0 Å². The van der Waals surface area contributed by atoms with Gasteiger partial charge in [0.1, 0.15) is 10.3 Å². The van der Waals surface area contributed by atoms with Crippen LogP contribution >= 0.6 is 27.5 Å². The highest BCUT2D eigenvalue weighted by Gasteiger charge is 2.19. The summed E-state index contributed by atoms with van der Waals surface area (Å²) in [6.07, 6.45) is 2.23. The van der Waals surface area contributed by atoms with E-state index >= 15 is 0 Å². The average Bonchev–Trinajstić information content (AvgIpc) is 3.03. The van der Waals surface area contributed by atoms with Gasteiger partial charge in [0, 0.05) is 17.8 Å². The molecule has 7 nitrogen and oxygen atoms in total. The van der Waals surface area contributed by atoms with Crippen LogP contribution in [0.25, 0.3) is 28.3 Å². The second-order valence-corrected chi connectivity index (χ2v) is 6.97. The molecule has 0 aliphatic rings. The number of benzene rings is 1. The molecule has 0 N–H and O–H groups in total. The summed E-state index contributed by atoms with van der Waals surface area (Å²) in [4.78, 5) is 32.6. The molecule has 0 spiro atoms. The minimum atomic E-state index is -0.599. The summed E-state index contributed by atoms with van der Waals surface area (Å²) in [5.74, 6) is 0.350. The van der Waals surface area contributed by atoms with Crippen molar-refractivity contribution in [3.63, 3.8) is 0 Å². The Morgan fingerprint density at radius 3 is 2.85 bits per heavy atom. The predicted molar refractivity (Wildman–Crippen MR) is 103 cm³/mol. The van der Waals surface area contributed by atoms with E-state index in [1.165, 1.54) is 4.68 Å². The quantitative estimate of drug-likeness (QED) is 0.443. The van der Waals surface area contributed by atoms with Crippen molar-refractivity contribution in [3.8, 4) is 17.4 Å². The molecule has 27 heavy (non-hydrogen) atoms. The summed E-state index contributed by atoms with van der Waals surface area (Å²) in [5.41, 5.74) is 1.09. The lowest BCUT2D eigenvalue weighted by Crippen LogP contribution is -2.08. The Hall–Kier alpha value is -2.84. The van der Waals surface area contributed by atoms with Gasteiger partial charge < -0.3 is 4.42 Å². The van der Waals surface area contributed by atoms with E-state index in [9.17, 15) is 9.59 Å². The van der Waals surface area contributed by atoms with Crippen molar-refractivity contribution >= 4 is 44.7 Å². The SMILES string of the molecule is Cc1cc(C=O)c2nc(-c3cc(Br)nn3-c3ncccc3Cl)oc(=O)c2c1. The van der Waals surface area contributed by atoms with Crippen molar-refractivity contribution in [1.82, 2.24) is 19.7 Å². The van der Waals surface area contributed by atoms with E-state index in [1.54, 1.807) is 43.5 Å². The highest BCUT2D eigenvalue weighted by atomic mass is 79.9. The molecule has 0 saturated heterocycles. The molecule has 0 bridgehead atoms. The van der Waals surface area contributed by atoms with E-state index < -0.39 is 5.63 Å². The molecular weight excluding hydrogens is 436 g/mol. The number of fused-ring (bicyclic) bond motifs is 1. The fraction of sp³-hybridized carbons (Fsp3) is 0.0556. The fourth-order valence-corrected chi connectivity index (χ4v) is 3.33. The maximum absolute atomic E-state index is 12.5. The van der Waals surface area contributed by atoms with E-state index in [-0.39, 0.29) is 16.8 Å². The molecule has 0 radical (unpaired) electrons. The second-order valence-electron chi connectivity index (χ2n) is 5.75. The lowest BCUT2D eigenvalue weighted by Gasteiger charge is -2.08. The van der Waals surface area contributed by atoms with Crippen molar-refractivity contribution in [1.29, 1.82) is 0 Å². The Labute approximate surface area is 165 Å². The zero-order valence-electron chi connectivity index (χ0n) is 13.8. The van der Waals surface area contributed by atoms with Crippen molar-refractivity contribution in [3.05, 3.63) is 67.7 Å². The lowest BCUT2D eigenvalue weighted by atomic mass is 10.1. The number of carbonyl (C=O) groups is 1. The normalized spacial score (nSPS) is 11.1. The maximum Gasteiger partial charge on any atom is 0.347 e. The number of aromatic nitrogens is 4. The molecule has 4 aromatic rings. The Bertz CT molecular complexity index is 1270. The van der Waals surface area contributed by atoms with Gasteiger partial charge in [-0.2, -0.15) is 5.10 Å². The van der Waals surface area contributed by atoms with Crippen molar-refractivity contribution in [2.24, 2.45) is 0 Å². The van der Waals surface area contributed by atoms with Crippen LogP contribution in [0.2, 0.25) is 5.02 Å². The largest absolute Gasteiger partial charge is 0.401 e. The van der Waals surface area contributed by atoms with Crippen LogP contribution in [0.4, 0.5) is 0 Å². The Morgan fingerprint density at radius 2 is 2.11 bits per heavy atom. The van der Waals surface area contributed by atoms with Crippen molar-refractivity contribution < 1.29 is 9.21 Å². The third kappa shape index (κ3) is 3.07. The predicted octanol–water partition coefficient (Wildman–Crippen LogP) is 3.97. The third-order valence-electron chi connectivity index (χ3n) is 3.87. The van der Waals surface area contributed by atoms with Gasteiger partial charge in [-0.15, -0.1) is 0 Å². The summed E-state index contributed by atoms with van der Waals surface area (Å²) in [7, 11) is 0. The smallest absolute Gasteiger partial charge is 0.347 e. The molecule has 1 aromatic carbocycles. The topological polar surface area (TPSA) is 90.9 Å². The van der Waals surface area contributed by atoms with Crippen LogP contribution in [0.1, 0.15) is 15.9 Å². The molecule has 0 amide bonds. The van der Waals surface area contributed by atoms with Crippen molar-refractivity contribution in [2.75, 3.05) is 0 Å². The first-order valence-electron chi connectivity index (χ1n) is 7.75. The maximum atomic E-state index is 12.5. The molecule has 0 fully saturated rings. The van der Waals surface area contributed by atoms with Gasteiger partial charge in [-0.1, -0.05) is 11.6 Å². The van der Waals surface area contributed by atoms with E-state index in [0.717, 1.165) is 5.56 Å². The van der Waals surface area contributed by atoms with Gasteiger partial charge in [-0.25, -0.2) is 19.4 Å². The van der Waals surface area contributed by atoms with Gasteiger partial charge in [-0.05, 0) is 52.7 Å². The molecule has 0 unspecified atom stereocenters. The minimum absolute atomic E-state index is 0.000581. The van der Waals surface area contributed by atoms with Crippen molar-refractivity contribution in [2.45, 2.75) is 6.92 Å². The zero-order valence-corrected chi connectivity index (χ0v) is 16.2. The van der Waals surface area contributed by atoms with E-state index in [2.05, 4.69) is 31.0 Å². The standard InChI is InChI=1S/C18H10BrClN4O3/c1-9-5-10(8-25)15-11(6-9)18(26)27-17(22-15)13-7-14(19)23-24(13)16-12(20)3-2-4-21-16/h2-8H,1H3. The Morgan fingerprint density at radius 1 is 1.30 bits per heavy atom. The molecular formula is C18H10BrClN4O3. The summed E-state index contributed by atoms with van der Waals surface area (Å²) >= 11 is 9.52. The first kappa shape index (κ1) is 17.6. The zero-order chi connectivity index (χ0) is 19.1. The Kier molecular flexibility index (Phi) is 4.37. The average molecular weight is 446 g/mol. The summed E-state index contributed by atoms with van der Waals surface area (Å²) in [6.45, 7) is 1.79. The first-order valence-corrected chi connectivity index (χ1v) is 8.92. The van der Waals surface area contributed by atoms with E-state index in [0.29, 0.717) is 33.0 Å². The van der Waals surface area contributed by atoms with Crippen LogP contribution in [0, 0.1) is 6.92 Å². The second kappa shape index (κ2) is 6.71. The number of hydrogen-bond donors (Lipinski definition) is 0. The third-order valence-corrected chi connectivity index (χ3v) is 4.55. The van der Waals surface area contributed by atoms with Crippen LogP contribution in [-0.2, 0) is 0 Å².